The molecule has 3 N–H and O–H groups in total. The molecule has 4 nitrogen and oxygen atoms in total. The summed E-state index contributed by atoms with van der Waals surface area (Å²) >= 11 is 1.52. The molecule has 0 aliphatic heterocycles. The summed E-state index contributed by atoms with van der Waals surface area (Å²) in [7, 11) is 0. The lowest BCUT2D eigenvalue weighted by Gasteiger charge is -2.20. The molecule has 110 valence electrons. The Morgan fingerprint density at radius 1 is 1.50 bits per heavy atom. The second-order valence-corrected chi connectivity index (χ2v) is 6.01. The van der Waals surface area contributed by atoms with Crippen molar-refractivity contribution in [1.29, 1.82) is 0 Å². The third-order valence-electron chi connectivity index (χ3n) is 3.61. The van der Waals surface area contributed by atoms with Gasteiger partial charge in [-0.2, -0.15) is 0 Å². The van der Waals surface area contributed by atoms with E-state index < -0.39 is 0 Å². The van der Waals surface area contributed by atoms with Crippen LogP contribution < -0.4 is 16.0 Å². The third kappa shape index (κ3) is 2.82. The second-order valence-electron chi connectivity index (χ2n) is 5.01. The molecule has 1 fully saturated rings. The van der Waals surface area contributed by atoms with Gasteiger partial charge in [0.25, 0.3) is 5.91 Å². The third-order valence-corrected chi connectivity index (χ3v) is 4.89. The van der Waals surface area contributed by atoms with Crippen LogP contribution in [0.4, 0.5) is 10.7 Å². The Labute approximate surface area is 124 Å². The van der Waals surface area contributed by atoms with Gasteiger partial charge in [0.1, 0.15) is 4.88 Å². The summed E-state index contributed by atoms with van der Waals surface area (Å²) < 4.78 is 0. The van der Waals surface area contributed by atoms with Gasteiger partial charge in [0.15, 0.2) is 0 Å². The number of amides is 1. The molecule has 1 aromatic rings. The summed E-state index contributed by atoms with van der Waals surface area (Å²) in [5, 5.41) is 4.00. The Morgan fingerprint density at radius 2 is 2.15 bits per heavy atom. The highest BCUT2D eigenvalue weighted by molar-refractivity contribution is 7.18. The standard InChI is InChI=1S/C15H23N3OS/c1-4-9-17-14(19)13-12(16)11(10-7-8-10)15(20-13)18(5-2)6-3/h4,10H,1,5-9,16H2,2-3H3,(H,17,19). The van der Waals surface area contributed by atoms with E-state index in [0.29, 0.717) is 23.0 Å². The van der Waals surface area contributed by atoms with Crippen LogP contribution in [-0.4, -0.2) is 25.5 Å². The van der Waals surface area contributed by atoms with Crippen LogP contribution in [0.2, 0.25) is 0 Å². The molecule has 0 spiro atoms. The molecule has 0 radical (unpaired) electrons. The van der Waals surface area contributed by atoms with E-state index in [0.717, 1.165) is 13.1 Å². The lowest BCUT2D eigenvalue weighted by Crippen LogP contribution is -2.23. The SMILES string of the molecule is C=CCNC(=O)c1sc(N(CC)CC)c(C2CC2)c1N. The summed E-state index contributed by atoms with van der Waals surface area (Å²) in [6.07, 6.45) is 4.04. The predicted molar refractivity (Wildman–Crippen MR) is 86.8 cm³/mol. The average Bonchev–Trinajstić information content (AvgIpc) is 3.22. The van der Waals surface area contributed by atoms with E-state index in [4.69, 9.17) is 5.73 Å². The first kappa shape index (κ1) is 14.9. The lowest BCUT2D eigenvalue weighted by atomic mass is 10.1. The van der Waals surface area contributed by atoms with E-state index in [2.05, 4.69) is 30.6 Å². The van der Waals surface area contributed by atoms with Gasteiger partial charge in [-0.3, -0.25) is 4.79 Å². The van der Waals surface area contributed by atoms with Crippen LogP contribution in [0.5, 0.6) is 0 Å². The van der Waals surface area contributed by atoms with E-state index in [9.17, 15) is 4.79 Å². The number of nitrogens with two attached hydrogens (primary N) is 1. The van der Waals surface area contributed by atoms with Crippen molar-refractivity contribution >= 4 is 27.9 Å². The van der Waals surface area contributed by atoms with Crippen LogP contribution >= 0.6 is 11.3 Å². The molecular formula is C15H23N3OS. The van der Waals surface area contributed by atoms with Crippen molar-refractivity contribution in [2.45, 2.75) is 32.6 Å². The number of rotatable bonds is 7. The fraction of sp³-hybridized carbons (Fsp3) is 0.533. The summed E-state index contributed by atoms with van der Waals surface area (Å²) in [5.74, 6) is 0.454. The van der Waals surface area contributed by atoms with Crippen molar-refractivity contribution in [3.63, 3.8) is 0 Å². The number of carbonyl (C=O) groups excluding carboxylic acids is 1. The highest BCUT2D eigenvalue weighted by Crippen LogP contribution is 2.51. The molecule has 1 aliphatic carbocycles. The van der Waals surface area contributed by atoms with E-state index in [1.54, 1.807) is 6.08 Å². The average molecular weight is 293 g/mol. The number of nitrogen functional groups attached to an aromatic ring is 1. The molecule has 20 heavy (non-hydrogen) atoms. The van der Waals surface area contributed by atoms with Gasteiger partial charge in [-0.15, -0.1) is 17.9 Å². The Kier molecular flexibility index (Phi) is 4.70. The maximum Gasteiger partial charge on any atom is 0.263 e. The quantitative estimate of drug-likeness (QED) is 0.760. The van der Waals surface area contributed by atoms with Crippen molar-refractivity contribution in [2.24, 2.45) is 0 Å². The minimum Gasteiger partial charge on any atom is -0.397 e. The molecule has 1 amide bonds. The number of carbonyl (C=O) groups is 1. The molecule has 1 saturated carbocycles. The summed E-state index contributed by atoms with van der Waals surface area (Å²) in [4.78, 5) is 15.1. The molecule has 5 heteroatoms. The van der Waals surface area contributed by atoms with E-state index >= 15 is 0 Å². The van der Waals surface area contributed by atoms with Gasteiger partial charge in [0.2, 0.25) is 0 Å². The van der Waals surface area contributed by atoms with Gasteiger partial charge in [0, 0.05) is 25.2 Å². The number of nitrogens with zero attached hydrogens (tertiary/aromatic N) is 1. The van der Waals surface area contributed by atoms with Crippen LogP contribution in [0.15, 0.2) is 12.7 Å². The van der Waals surface area contributed by atoms with Gasteiger partial charge in [-0.1, -0.05) is 6.08 Å². The molecule has 1 heterocycles. The van der Waals surface area contributed by atoms with E-state index in [-0.39, 0.29) is 5.91 Å². The molecule has 2 rings (SSSR count). The zero-order valence-electron chi connectivity index (χ0n) is 12.2. The Morgan fingerprint density at radius 3 is 2.65 bits per heavy atom. The van der Waals surface area contributed by atoms with Gasteiger partial charge in [-0.25, -0.2) is 0 Å². The fourth-order valence-electron chi connectivity index (χ4n) is 2.37. The van der Waals surface area contributed by atoms with Crippen molar-refractivity contribution in [3.8, 4) is 0 Å². The molecule has 0 unspecified atom stereocenters. The first-order valence-electron chi connectivity index (χ1n) is 7.20. The van der Waals surface area contributed by atoms with Gasteiger partial charge in [-0.05, 0) is 32.6 Å². The molecule has 0 saturated heterocycles. The number of nitrogens with one attached hydrogen (secondary N) is 1. The molecule has 1 aliphatic rings. The van der Waals surface area contributed by atoms with Crippen LogP contribution in [0.25, 0.3) is 0 Å². The van der Waals surface area contributed by atoms with Crippen LogP contribution in [-0.2, 0) is 0 Å². The lowest BCUT2D eigenvalue weighted by molar-refractivity contribution is 0.0963. The summed E-state index contributed by atoms with van der Waals surface area (Å²) in [6.45, 7) is 10.2. The van der Waals surface area contributed by atoms with Gasteiger partial charge in [0.05, 0.1) is 10.7 Å². The highest BCUT2D eigenvalue weighted by Gasteiger charge is 2.34. The van der Waals surface area contributed by atoms with Crippen molar-refractivity contribution in [3.05, 3.63) is 23.1 Å². The summed E-state index contributed by atoms with van der Waals surface area (Å²) in [5.41, 5.74) is 8.14. The molecule has 0 atom stereocenters. The number of hydrogen-bond donors (Lipinski definition) is 2. The van der Waals surface area contributed by atoms with Gasteiger partial charge >= 0.3 is 0 Å². The van der Waals surface area contributed by atoms with E-state index in [1.165, 1.54) is 34.7 Å². The van der Waals surface area contributed by atoms with Crippen molar-refractivity contribution in [2.75, 3.05) is 30.3 Å². The van der Waals surface area contributed by atoms with Crippen molar-refractivity contribution < 1.29 is 4.79 Å². The largest absolute Gasteiger partial charge is 0.397 e. The first-order chi connectivity index (χ1) is 9.63. The Bertz CT molecular complexity index is 501. The second kappa shape index (κ2) is 6.31. The number of hydrogen-bond acceptors (Lipinski definition) is 4. The summed E-state index contributed by atoms with van der Waals surface area (Å²) in [6, 6.07) is 0. The van der Waals surface area contributed by atoms with Crippen LogP contribution in [0, 0.1) is 0 Å². The topological polar surface area (TPSA) is 58.4 Å². The minimum atomic E-state index is -0.0901. The maximum absolute atomic E-state index is 12.2. The Hall–Kier alpha value is -1.49. The van der Waals surface area contributed by atoms with Crippen molar-refractivity contribution in [1.82, 2.24) is 5.32 Å². The monoisotopic (exact) mass is 293 g/mol. The number of anilines is 2. The van der Waals surface area contributed by atoms with E-state index in [1.807, 2.05) is 0 Å². The molecule has 0 bridgehead atoms. The predicted octanol–water partition coefficient (Wildman–Crippen LogP) is 2.97. The highest BCUT2D eigenvalue weighted by atomic mass is 32.1. The number of thiophene rings is 1. The normalized spacial score (nSPS) is 14.1. The van der Waals surface area contributed by atoms with Crippen LogP contribution in [0.3, 0.4) is 0 Å². The molecule has 0 aromatic carbocycles. The maximum atomic E-state index is 12.2. The molecular weight excluding hydrogens is 270 g/mol. The first-order valence-corrected chi connectivity index (χ1v) is 8.01. The molecule has 1 aromatic heterocycles. The smallest absolute Gasteiger partial charge is 0.263 e. The van der Waals surface area contributed by atoms with Gasteiger partial charge < -0.3 is 16.0 Å². The zero-order valence-corrected chi connectivity index (χ0v) is 13.1. The van der Waals surface area contributed by atoms with Crippen LogP contribution in [0.1, 0.15) is 47.8 Å². The Balaban J connectivity index is 2.36. The fourth-order valence-corrected chi connectivity index (χ4v) is 3.72. The minimum absolute atomic E-state index is 0.0901. The zero-order chi connectivity index (χ0) is 14.7.